The quantitative estimate of drug-likeness (QED) is 0.284. The van der Waals surface area contributed by atoms with Crippen molar-refractivity contribution in [3.8, 4) is 22.5 Å². The fourth-order valence-electron chi connectivity index (χ4n) is 4.46. The van der Waals surface area contributed by atoms with Gasteiger partial charge in [-0.1, -0.05) is 79.8 Å². The average Bonchev–Trinajstić information content (AvgIpc) is 3.37. The molecule has 0 spiro atoms. The molecular formula is C30H35N5O3S. The van der Waals surface area contributed by atoms with Crippen LogP contribution >= 0.6 is 12.2 Å². The molecule has 0 saturated carbocycles. The molecule has 0 amide bonds. The third kappa shape index (κ3) is 6.09. The summed E-state index contributed by atoms with van der Waals surface area (Å²) in [4.78, 5) is 35.6. The van der Waals surface area contributed by atoms with Gasteiger partial charge in [-0.15, -0.1) is 0 Å². The van der Waals surface area contributed by atoms with Crippen LogP contribution < -0.4 is 11.3 Å². The molecule has 8 nitrogen and oxygen atoms in total. The van der Waals surface area contributed by atoms with Gasteiger partial charge in [0.15, 0.2) is 5.82 Å². The molecule has 0 saturated heterocycles. The van der Waals surface area contributed by atoms with Gasteiger partial charge >= 0.3 is 5.76 Å². The van der Waals surface area contributed by atoms with Crippen LogP contribution in [0.4, 0.5) is 0 Å². The molecule has 0 fully saturated rings. The van der Waals surface area contributed by atoms with Crippen molar-refractivity contribution in [3.63, 3.8) is 0 Å². The summed E-state index contributed by atoms with van der Waals surface area (Å²) in [7, 11) is 1.96. The van der Waals surface area contributed by atoms with Gasteiger partial charge in [0.2, 0.25) is 0 Å². The van der Waals surface area contributed by atoms with Crippen LogP contribution in [-0.2, 0) is 13.0 Å². The molecule has 2 aromatic carbocycles. The first-order valence-electron chi connectivity index (χ1n) is 13.2. The maximum atomic E-state index is 13.9. The monoisotopic (exact) mass is 545 g/mol. The van der Waals surface area contributed by atoms with E-state index in [1.807, 2.05) is 67.4 Å². The molecule has 4 aromatic rings. The maximum Gasteiger partial charge on any atom is 0.439 e. The van der Waals surface area contributed by atoms with Gasteiger partial charge < -0.3 is 4.90 Å². The Morgan fingerprint density at radius 2 is 1.74 bits per heavy atom. The fourth-order valence-corrected chi connectivity index (χ4v) is 4.82. The lowest BCUT2D eigenvalue weighted by Crippen LogP contribution is -2.37. The molecule has 2 aromatic heterocycles. The number of nitrogens with zero attached hydrogens (tertiary/aromatic N) is 4. The number of rotatable bonds is 9. The zero-order valence-electron chi connectivity index (χ0n) is 23.3. The Bertz CT molecular complexity index is 1580. The summed E-state index contributed by atoms with van der Waals surface area (Å²) in [5, 5.41) is 3.85. The Morgan fingerprint density at radius 3 is 2.33 bits per heavy atom. The predicted octanol–water partition coefficient (Wildman–Crippen LogP) is 5.33. The Labute approximate surface area is 233 Å². The molecule has 4 rings (SSSR count). The molecule has 1 atom stereocenters. The Kier molecular flexibility index (Phi) is 8.60. The summed E-state index contributed by atoms with van der Waals surface area (Å²) in [6, 6.07) is 16.0. The summed E-state index contributed by atoms with van der Waals surface area (Å²) in [6.45, 7) is 10.7. The highest BCUT2D eigenvalue weighted by atomic mass is 32.1. The number of likely N-dealkylation sites (N-methyl/N-ethyl adjacent to an activating group) is 1. The van der Waals surface area contributed by atoms with Crippen LogP contribution in [0.3, 0.4) is 0 Å². The third-order valence-electron chi connectivity index (χ3n) is 7.28. The van der Waals surface area contributed by atoms with E-state index in [9.17, 15) is 9.59 Å². The first kappa shape index (κ1) is 28.2. The molecule has 204 valence electrons. The fraction of sp³-hybridized carbons (Fsp3) is 0.367. The highest BCUT2D eigenvalue weighted by Crippen LogP contribution is 2.30. The molecule has 9 heteroatoms. The maximum absolute atomic E-state index is 13.9. The van der Waals surface area contributed by atoms with Crippen molar-refractivity contribution in [1.82, 2.24) is 24.6 Å². The number of aromatic amines is 1. The minimum Gasteiger partial charge on any atom is -0.367 e. The summed E-state index contributed by atoms with van der Waals surface area (Å²) in [5.74, 6) is 0.701. The average molecular weight is 546 g/mol. The van der Waals surface area contributed by atoms with Gasteiger partial charge in [-0.05, 0) is 43.9 Å². The SMILES string of the molecule is CCC(C)c1nc(C)c(CC(=S)N(C)C(C)C)c(=O)n1Cc1ccc(-c2ccccc2-c2noc(=O)[nH]2)cc1. The second-order valence-corrected chi connectivity index (χ2v) is 10.7. The van der Waals surface area contributed by atoms with E-state index in [4.69, 9.17) is 21.7 Å². The van der Waals surface area contributed by atoms with Gasteiger partial charge in [0.25, 0.3) is 5.56 Å². The molecule has 1 N–H and O–H groups in total. The number of H-pyrrole nitrogens is 1. The molecule has 39 heavy (non-hydrogen) atoms. The smallest absolute Gasteiger partial charge is 0.367 e. The number of benzene rings is 2. The molecular weight excluding hydrogens is 510 g/mol. The first-order chi connectivity index (χ1) is 18.6. The lowest BCUT2D eigenvalue weighted by Gasteiger charge is -2.25. The van der Waals surface area contributed by atoms with Crippen molar-refractivity contribution in [1.29, 1.82) is 0 Å². The van der Waals surface area contributed by atoms with Gasteiger partial charge in [-0.3, -0.25) is 18.9 Å². The number of hydrogen-bond donors (Lipinski definition) is 1. The van der Waals surface area contributed by atoms with Crippen LogP contribution in [0.2, 0.25) is 0 Å². The van der Waals surface area contributed by atoms with Gasteiger partial charge in [-0.2, -0.15) is 0 Å². The second-order valence-electron chi connectivity index (χ2n) is 10.2. The molecule has 0 bridgehead atoms. The number of hydrogen-bond acceptors (Lipinski definition) is 6. The zero-order chi connectivity index (χ0) is 28.3. The minimum absolute atomic E-state index is 0.0401. The van der Waals surface area contributed by atoms with E-state index in [0.29, 0.717) is 24.4 Å². The van der Waals surface area contributed by atoms with Crippen LogP contribution in [0.25, 0.3) is 22.5 Å². The van der Waals surface area contributed by atoms with E-state index >= 15 is 0 Å². The van der Waals surface area contributed by atoms with Gasteiger partial charge in [-0.25, -0.2) is 9.78 Å². The van der Waals surface area contributed by atoms with Crippen LogP contribution in [0.5, 0.6) is 0 Å². The van der Waals surface area contributed by atoms with Crippen molar-refractivity contribution in [3.05, 3.63) is 92.1 Å². The molecule has 1 unspecified atom stereocenters. The van der Waals surface area contributed by atoms with Crippen molar-refractivity contribution < 1.29 is 4.52 Å². The molecule has 0 aliphatic carbocycles. The molecule has 0 radical (unpaired) electrons. The lowest BCUT2D eigenvalue weighted by molar-refractivity contribution is 0.388. The summed E-state index contributed by atoms with van der Waals surface area (Å²) in [5.41, 5.74) is 4.96. The van der Waals surface area contributed by atoms with Crippen molar-refractivity contribution in [2.24, 2.45) is 0 Å². The van der Waals surface area contributed by atoms with E-state index in [-0.39, 0.29) is 17.5 Å². The first-order valence-corrected chi connectivity index (χ1v) is 13.6. The van der Waals surface area contributed by atoms with Crippen LogP contribution in [0.1, 0.15) is 62.7 Å². The summed E-state index contributed by atoms with van der Waals surface area (Å²) in [6.07, 6.45) is 1.27. The summed E-state index contributed by atoms with van der Waals surface area (Å²) < 4.78 is 6.51. The van der Waals surface area contributed by atoms with Gasteiger partial charge in [0, 0.05) is 42.2 Å². The van der Waals surface area contributed by atoms with Crippen LogP contribution in [0.15, 0.2) is 62.6 Å². The van der Waals surface area contributed by atoms with Crippen molar-refractivity contribution in [2.45, 2.75) is 66.0 Å². The van der Waals surface area contributed by atoms with E-state index in [1.165, 1.54) is 0 Å². The topological polar surface area (TPSA) is 97.0 Å². The number of aromatic nitrogens is 4. The Hall–Kier alpha value is -3.85. The highest BCUT2D eigenvalue weighted by Gasteiger charge is 2.21. The third-order valence-corrected chi connectivity index (χ3v) is 7.71. The minimum atomic E-state index is -0.597. The van der Waals surface area contributed by atoms with Crippen LogP contribution in [0, 0.1) is 6.92 Å². The molecule has 2 heterocycles. The van der Waals surface area contributed by atoms with E-state index in [0.717, 1.165) is 45.2 Å². The number of nitrogens with one attached hydrogen (secondary N) is 1. The predicted molar refractivity (Wildman–Crippen MR) is 158 cm³/mol. The second kappa shape index (κ2) is 11.9. The van der Waals surface area contributed by atoms with E-state index < -0.39 is 5.76 Å². The van der Waals surface area contributed by atoms with E-state index in [2.05, 4.69) is 37.8 Å². The normalized spacial score (nSPS) is 12.1. The zero-order valence-corrected chi connectivity index (χ0v) is 24.1. The Morgan fingerprint density at radius 1 is 1.08 bits per heavy atom. The van der Waals surface area contributed by atoms with Crippen molar-refractivity contribution in [2.75, 3.05) is 7.05 Å². The standard InChI is InChI=1S/C30H35N5O3S/c1-7-19(4)28-31-20(5)25(16-26(39)34(6)18(2)3)29(36)35(28)17-21-12-14-22(15-13-21)23-10-8-9-11-24(23)27-32-30(37)38-33-27/h8-15,18-19H,7,16-17H2,1-6H3,(H,32,33,37). The highest BCUT2D eigenvalue weighted by molar-refractivity contribution is 7.80. The Balaban J connectivity index is 1.70. The lowest BCUT2D eigenvalue weighted by atomic mass is 9.98. The van der Waals surface area contributed by atoms with Gasteiger partial charge in [0.05, 0.1) is 11.5 Å². The number of thiocarbonyl (C=S) groups is 1. The number of aryl methyl sites for hydroxylation is 1. The summed E-state index contributed by atoms with van der Waals surface area (Å²) >= 11 is 5.66. The van der Waals surface area contributed by atoms with Crippen molar-refractivity contribution >= 4 is 17.2 Å². The van der Waals surface area contributed by atoms with Crippen LogP contribution in [-0.4, -0.2) is 42.7 Å². The molecule has 0 aliphatic rings. The van der Waals surface area contributed by atoms with E-state index in [1.54, 1.807) is 4.57 Å². The van der Waals surface area contributed by atoms with Gasteiger partial charge in [0.1, 0.15) is 5.82 Å². The molecule has 0 aliphatic heterocycles. The largest absolute Gasteiger partial charge is 0.439 e.